The summed E-state index contributed by atoms with van der Waals surface area (Å²) < 4.78 is 5.10. The van der Waals surface area contributed by atoms with E-state index in [1.807, 2.05) is 0 Å². The van der Waals surface area contributed by atoms with Crippen LogP contribution in [0.1, 0.15) is 25.7 Å². The second kappa shape index (κ2) is 4.99. The van der Waals surface area contributed by atoms with Crippen LogP contribution in [0, 0.1) is 0 Å². The molecule has 2 nitrogen and oxygen atoms in total. The molecule has 0 aromatic carbocycles. The molecule has 0 aromatic rings. The lowest BCUT2D eigenvalue weighted by Crippen LogP contribution is -2.07. The van der Waals surface area contributed by atoms with Gasteiger partial charge in [-0.3, -0.25) is 0 Å². The van der Waals surface area contributed by atoms with Crippen LogP contribution in [0.2, 0.25) is 0 Å². The Balaban J connectivity index is 2.53. The summed E-state index contributed by atoms with van der Waals surface area (Å²) in [4.78, 5) is 0. The first-order valence-corrected chi connectivity index (χ1v) is 4.41. The quantitative estimate of drug-likeness (QED) is 0.514. The Morgan fingerprint density at radius 3 is 2.58 bits per heavy atom. The van der Waals surface area contributed by atoms with E-state index < -0.39 is 0 Å². The second-order valence-electron chi connectivity index (χ2n) is 3.05. The lowest BCUT2D eigenvalue weighted by molar-refractivity contribution is 0.266. The van der Waals surface area contributed by atoms with E-state index in [2.05, 4.69) is 6.58 Å². The van der Waals surface area contributed by atoms with Crippen LogP contribution in [0.15, 0.2) is 24.0 Å². The monoisotopic (exact) mass is 168 g/mol. The predicted octanol–water partition coefficient (Wildman–Crippen LogP) is 2.01. The Bertz CT molecular complexity index is 182. The third-order valence-electron chi connectivity index (χ3n) is 2.27. The van der Waals surface area contributed by atoms with Crippen molar-refractivity contribution in [3.05, 3.63) is 24.0 Å². The van der Waals surface area contributed by atoms with E-state index in [0.717, 1.165) is 12.8 Å². The van der Waals surface area contributed by atoms with Gasteiger partial charge in [-0.15, -0.1) is 0 Å². The number of hydrogen-bond acceptors (Lipinski definition) is 2. The summed E-state index contributed by atoms with van der Waals surface area (Å²) in [6, 6.07) is 0. The van der Waals surface area contributed by atoms with E-state index in [9.17, 15) is 0 Å². The zero-order valence-electron chi connectivity index (χ0n) is 7.38. The minimum atomic E-state index is 0.190. The highest BCUT2D eigenvalue weighted by Crippen LogP contribution is 2.24. The van der Waals surface area contributed by atoms with Gasteiger partial charge in [-0.05, 0) is 36.8 Å². The molecule has 1 rings (SSSR count). The number of aliphatic hydroxyl groups excluding tert-OH is 1. The van der Waals surface area contributed by atoms with Crippen molar-refractivity contribution in [2.24, 2.45) is 0 Å². The third kappa shape index (κ3) is 2.38. The van der Waals surface area contributed by atoms with E-state index in [0.29, 0.717) is 6.61 Å². The summed E-state index contributed by atoms with van der Waals surface area (Å²) in [5, 5.41) is 9.02. The first-order valence-electron chi connectivity index (χ1n) is 4.41. The van der Waals surface area contributed by atoms with Crippen LogP contribution in [0.3, 0.4) is 0 Å². The van der Waals surface area contributed by atoms with Crippen molar-refractivity contribution in [3.63, 3.8) is 0 Å². The maximum atomic E-state index is 9.02. The Kier molecular flexibility index (Phi) is 3.88. The van der Waals surface area contributed by atoms with Crippen LogP contribution in [-0.4, -0.2) is 18.3 Å². The number of hydrogen-bond donors (Lipinski definition) is 1. The minimum absolute atomic E-state index is 0.190. The van der Waals surface area contributed by atoms with Crippen LogP contribution in [-0.2, 0) is 4.74 Å². The van der Waals surface area contributed by atoms with E-state index >= 15 is 0 Å². The molecule has 2 heteroatoms. The highest BCUT2D eigenvalue weighted by molar-refractivity contribution is 5.17. The lowest BCUT2D eigenvalue weighted by atomic mass is 9.93. The van der Waals surface area contributed by atoms with Crippen molar-refractivity contribution >= 4 is 0 Å². The maximum Gasteiger partial charge on any atom is 0.109 e. The number of rotatable bonds is 4. The van der Waals surface area contributed by atoms with Gasteiger partial charge in [0, 0.05) is 0 Å². The topological polar surface area (TPSA) is 29.5 Å². The molecule has 0 bridgehead atoms. The highest BCUT2D eigenvalue weighted by atomic mass is 16.5. The fraction of sp³-hybridized carbons (Fsp3) is 0.600. The van der Waals surface area contributed by atoms with E-state index in [1.165, 1.54) is 30.2 Å². The highest BCUT2D eigenvalue weighted by Gasteiger charge is 2.11. The third-order valence-corrected chi connectivity index (χ3v) is 2.27. The summed E-state index contributed by atoms with van der Waals surface area (Å²) >= 11 is 0. The molecule has 0 saturated carbocycles. The van der Waals surface area contributed by atoms with E-state index in [-0.39, 0.29) is 6.61 Å². The SMILES string of the molecule is C=COCC1=C(CO)CCCC1. The molecule has 0 unspecified atom stereocenters. The summed E-state index contributed by atoms with van der Waals surface area (Å²) in [5.41, 5.74) is 2.44. The molecule has 0 amide bonds. The van der Waals surface area contributed by atoms with Crippen LogP contribution >= 0.6 is 0 Å². The maximum absolute atomic E-state index is 9.02. The molecular formula is C10H16O2. The molecule has 1 aliphatic carbocycles. The molecule has 1 N–H and O–H groups in total. The molecule has 0 heterocycles. The summed E-state index contributed by atoms with van der Waals surface area (Å²) in [7, 11) is 0. The molecule has 0 aromatic heterocycles. The van der Waals surface area contributed by atoms with Crippen molar-refractivity contribution in [1.82, 2.24) is 0 Å². The van der Waals surface area contributed by atoms with Gasteiger partial charge in [-0.2, -0.15) is 0 Å². The normalized spacial score (nSPS) is 17.8. The Hall–Kier alpha value is -0.760. The van der Waals surface area contributed by atoms with E-state index in [1.54, 1.807) is 0 Å². The zero-order valence-corrected chi connectivity index (χ0v) is 7.38. The average molecular weight is 168 g/mol. The Labute approximate surface area is 73.5 Å². The minimum Gasteiger partial charge on any atom is -0.497 e. The standard InChI is InChI=1S/C10H16O2/c1-2-12-8-10-6-4-3-5-9(10)7-11/h2,11H,1,3-8H2. The fourth-order valence-corrected chi connectivity index (χ4v) is 1.55. The van der Waals surface area contributed by atoms with Crippen LogP contribution < -0.4 is 0 Å². The van der Waals surface area contributed by atoms with Gasteiger partial charge < -0.3 is 9.84 Å². The van der Waals surface area contributed by atoms with Crippen LogP contribution in [0.4, 0.5) is 0 Å². The first-order chi connectivity index (χ1) is 5.88. The molecule has 0 aliphatic heterocycles. The fourth-order valence-electron chi connectivity index (χ4n) is 1.55. The summed E-state index contributed by atoms with van der Waals surface area (Å²) in [5.74, 6) is 0. The molecule has 0 atom stereocenters. The second-order valence-corrected chi connectivity index (χ2v) is 3.05. The van der Waals surface area contributed by atoms with Gasteiger partial charge in [0.25, 0.3) is 0 Å². The smallest absolute Gasteiger partial charge is 0.109 e. The molecular weight excluding hydrogens is 152 g/mol. The molecule has 0 radical (unpaired) electrons. The van der Waals surface area contributed by atoms with Gasteiger partial charge in [0.2, 0.25) is 0 Å². The van der Waals surface area contributed by atoms with Crippen molar-refractivity contribution < 1.29 is 9.84 Å². The van der Waals surface area contributed by atoms with Crippen LogP contribution in [0.25, 0.3) is 0 Å². The summed E-state index contributed by atoms with van der Waals surface area (Å²) in [6.07, 6.45) is 5.99. The number of aliphatic hydroxyl groups is 1. The lowest BCUT2D eigenvalue weighted by Gasteiger charge is -2.18. The van der Waals surface area contributed by atoms with Gasteiger partial charge in [0.1, 0.15) is 6.61 Å². The molecule has 0 saturated heterocycles. The number of ether oxygens (including phenoxy) is 1. The van der Waals surface area contributed by atoms with Crippen molar-refractivity contribution in [2.45, 2.75) is 25.7 Å². The van der Waals surface area contributed by atoms with Crippen molar-refractivity contribution in [2.75, 3.05) is 13.2 Å². The molecule has 0 spiro atoms. The molecule has 1 aliphatic rings. The van der Waals surface area contributed by atoms with Crippen LogP contribution in [0.5, 0.6) is 0 Å². The van der Waals surface area contributed by atoms with Crippen molar-refractivity contribution in [1.29, 1.82) is 0 Å². The predicted molar refractivity (Wildman–Crippen MR) is 48.7 cm³/mol. The van der Waals surface area contributed by atoms with Gasteiger partial charge in [-0.1, -0.05) is 6.58 Å². The summed E-state index contributed by atoms with van der Waals surface area (Å²) in [6.45, 7) is 4.29. The first kappa shape index (κ1) is 9.33. The van der Waals surface area contributed by atoms with Gasteiger partial charge >= 0.3 is 0 Å². The van der Waals surface area contributed by atoms with Crippen molar-refractivity contribution in [3.8, 4) is 0 Å². The molecule has 12 heavy (non-hydrogen) atoms. The zero-order chi connectivity index (χ0) is 8.81. The average Bonchev–Trinajstić information content (AvgIpc) is 2.15. The largest absolute Gasteiger partial charge is 0.497 e. The Morgan fingerprint density at radius 1 is 1.33 bits per heavy atom. The van der Waals surface area contributed by atoms with E-state index in [4.69, 9.17) is 9.84 Å². The Morgan fingerprint density at radius 2 is 2.00 bits per heavy atom. The van der Waals surface area contributed by atoms with Gasteiger partial charge in [-0.25, -0.2) is 0 Å². The molecule has 0 fully saturated rings. The molecule has 68 valence electrons. The van der Waals surface area contributed by atoms with Gasteiger partial charge in [0.05, 0.1) is 12.9 Å². The van der Waals surface area contributed by atoms with Gasteiger partial charge in [0.15, 0.2) is 0 Å².